The molecule has 160 valence electrons. The number of para-hydroxylation sites is 1. The zero-order valence-corrected chi connectivity index (χ0v) is 17.8. The Morgan fingerprint density at radius 1 is 1.29 bits per heavy atom. The summed E-state index contributed by atoms with van der Waals surface area (Å²) in [6, 6.07) is 8.37. The first kappa shape index (κ1) is 20.6. The number of phenols is 1. The van der Waals surface area contributed by atoms with Gasteiger partial charge < -0.3 is 19.9 Å². The first-order valence-electron chi connectivity index (χ1n) is 10.1. The average Bonchev–Trinajstić information content (AvgIpc) is 3.34. The van der Waals surface area contributed by atoms with Crippen molar-refractivity contribution < 1.29 is 14.7 Å². The van der Waals surface area contributed by atoms with Crippen molar-refractivity contribution in [2.45, 2.75) is 25.3 Å². The molecule has 0 unspecified atom stereocenters. The summed E-state index contributed by atoms with van der Waals surface area (Å²) in [4.78, 5) is 31.5. The number of rotatable bonds is 4. The minimum Gasteiger partial charge on any atom is -0.507 e. The number of likely N-dealkylation sites (N-methyl/N-ethyl adjacent to an activating group) is 1. The van der Waals surface area contributed by atoms with Crippen LogP contribution < -0.4 is 0 Å². The van der Waals surface area contributed by atoms with E-state index in [0.29, 0.717) is 29.9 Å². The van der Waals surface area contributed by atoms with Crippen molar-refractivity contribution in [3.05, 3.63) is 54.2 Å². The summed E-state index contributed by atoms with van der Waals surface area (Å²) in [6.45, 7) is 5.99. The van der Waals surface area contributed by atoms with E-state index in [-0.39, 0.29) is 23.5 Å². The van der Waals surface area contributed by atoms with Crippen molar-refractivity contribution in [1.82, 2.24) is 25.0 Å². The van der Waals surface area contributed by atoms with Crippen LogP contribution in [0.5, 0.6) is 5.75 Å². The number of fused-ring (bicyclic) bond motifs is 1. The summed E-state index contributed by atoms with van der Waals surface area (Å²) in [5.74, 6) is -0.254. The Morgan fingerprint density at radius 2 is 2.03 bits per heavy atom. The number of aromatic hydroxyl groups is 1. The highest BCUT2D eigenvalue weighted by molar-refractivity contribution is 5.93. The van der Waals surface area contributed by atoms with E-state index in [4.69, 9.17) is 0 Å². The average molecular weight is 419 g/mol. The first-order chi connectivity index (χ1) is 14.8. The number of aromatic nitrogens is 3. The second kappa shape index (κ2) is 7.86. The van der Waals surface area contributed by atoms with E-state index in [1.807, 2.05) is 19.1 Å². The van der Waals surface area contributed by atoms with Crippen LogP contribution >= 0.6 is 0 Å². The number of nitrogens with one attached hydrogen (secondary N) is 1. The molecule has 2 amide bonds. The van der Waals surface area contributed by atoms with Gasteiger partial charge in [-0.2, -0.15) is 0 Å². The van der Waals surface area contributed by atoms with Crippen molar-refractivity contribution in [2.75, 3.05) is 20.6 Å². The summed E-state index contributed by atoms with van der Waals surface area (Å²) in [7, 11) is 3.38. The summed E-state index contributed by atoms with van der Waals surface area (Å²) in [5, 5.41) is 19.6. The molecule has 4 rings (SSSR count). The fraction of sp³-hybridized carbons (Fsp3) is 0.304. The smallest absolute Gasteiger partial charge is 0.246 e. The van der Waals surface area contributed by atoms with Gasteiger partial charge in [0.05, 0.1) is 5.69 Å². The largest absolute Gasteiger partial charge is 0.507 e. The minimum absolute atomic E-state index is 0.0411. The van der Waals surface area contributed by atoms with Crippen molar-refractivity contribution in [1.29, 1.82) is 0 Å². The maximum atomic E-state index is 12.7. The van der Waals surface area contributed by atoms with Crippen molar-refractivity contribution in [3.63, 3.8) is 0 Å². The first-order valence-corrected chi connectivity index (χ1v) is 10.1. The van der Waals surface area contributed by atoms with Gasteiger partial charge in [-0.3, -0.25) is 9.59 Å². The monoisotopic (exact) mass is 419 g/mol. The Kier molecular flexibility index (Phi) is 5.22. The zero-order chi connectivity index (χ0) is 22.3. The number of benzene rings is 1. The Labute approximate surface area is 180 Å². The van der Waals surface area contributed by atoms with Gasteiger partial charge in [0.25, 0.3) is 0 Å². The third kappa shape index (κ3) is 3.54. The molecular weight excluding hydrogens is 394 g/mol. The Bertz CT molecular complexity index is 1180. The SMILES string of the molecule is C=CC(=O)N1C[C@H](c2[nH]c3nnc(-c4ccccc4O)cc3c2C)C[C@H]1C(=O)N(C)C. The fourth-order valence-corrected chi connectivity index (χ4v) is 4.30. The van der Waals surface area contributed by atoms with Crippen molar-refractivity contribution in [2.24, 2.45) is 0 Å². The number of phenolic OH excluding ortho intramolecular Hbond substituents is 1. The second-order valence-electron chi connectivity index (χ2n) is 8.05. The molecule has 1 fully saturated rings. The number of likely N-dealkylation sites (tertiary alicyclic amines) is 1. The Morgan fingerprint density at radius 3 is 2.71 bits per heavy atom. The van der Waals surface area contributed by atoms with Crippen LogP contribution in [0.2, 0.25) is 0 Å². The lowest BCUT2D eigenvalue weighted by atomic mass is 9.97. The van der Waals surface area contributed by atoms with Crippen molar-refractivity contribution in [3.8, 4) is 17.0 Å². The third-order valence-electron chi connectivity index (χ3n) is 5.93. The molecule has 31 heavy (non-hydrogen) atoms. The van der Waals surface area contributed by atoms with E-state index in [1.54, 1.807) is 37.2 Å². The normalized spacial score (nSPS) is 18.4. The van der Waals surface area contributed by atoms with Gasteiger partial charge in [-0.15, -0.1) is 10.2 Å². The molecule has 0 bridgehead atoms. The van der Waals surface area contributed by atoms with Crippen LogP contribution in [0.3, 0.4) is 0 Å². The summed E-state index contributed by atoms with van der Waals surface area (Å²) < 4.78 is 0. The van der Waals surface area contributed by atoms with E-state index < -0.39 is 6.04 Å². The Balaban J connectivity index is 1.72. The molecule has 1 aliphatic rings. The number of H-pyrrole nitrogens is 1. The molecule has 3 heterocycles. The van der Waals surface area contributed by atoms with E-state index in [0.717, 1.165) is 16.6 Å². The molecule has 0 radical (unpaired) electrons. The van der Waals surface area contributed by atoms with Gasteiger partial charge in [-0.25, -0.2) is 0 Å². The summed E-state index contributed by atoms with van der Waals surface area (Å²) >= 11 is 0. The molecule has 0 spiro atoms. The molecule has 1 aliphatic heterocycles. The maximum absolute atomic E-state index is 12.7. The molecule has 0 aliphatic carbocycles. The van der Waals surface area contributed by atoms with E-state index >= 15 is 0 Å². The number of carbonyl (C=O) groups excluding carboxylic acids is 2. The van der Waals surface area contributed by atoms with Gasteiger partial charge >= 0.3 is 0 Å². The van der Waals surface area contributed by atoms with E-state index in [1.165, 1.54) is 11.0 Å². The molecule has 8 heteroatoms. The van der Waals surface area contributed by atoms with Gasteiger partial charge in [0.2, 0.25) is 11.8 Å². The van der Waals surface area contributed by atoms with Crippen LogP contribution in [-0.4, -0.2) is 68.6 Å². The quantitative estimate of drug-likeness (QED) is 0.633. The van der Waals surface area contributed by atoms with Crippen LogP contribution in [0.25, 0.3) is 22.3 Å². The number of carbonyl (C=O) groups is 2. The number of nitrogens with zero attached hydrogens (tertiary/aromatic N) is 4. The molecule has 2 atom stereocenters. The topological polar surface area (TPSA) is 102 Å². The van der Waals surface area contributed by atoms with Crippen molar-refractivity contribution >= 4 is 22.8 Å². The molecule has 1 saturated heterocycles. The lowest BCUT2D eigenvalue weighted by molar-refractivity contribution is -0.139. The third-order valence-corrected chi connectivity index (χ3v) is 5.93. The molecule has 1 aromatic carbocycles. The fourth-order valence-electron chi connectivity index (χ4n) is 4.30. The van der Waals surface area contributed by atoms with Gasteiger partial charge in [0, 0.05) is 43.2 Å². The van der Waals surface area contributed by atoms with Crippen LogP contribution in [0.15, 0.2) is 43.0 Å². The molecule has 3 aromatic rings. The predicted octanol–water partition coefficient (Wildman–Crippen LogP) is 2.60. The molecule has 8 nitrogen and oxygen atoms in total. The maximum Gasteiger partial charge on any atom is 0.246 e. The van der Waals surface area contributed by atoms with Gasteiger partial charge in [0.1, 0.15) is 11.8 Å². The highest BCUT2D eigenvalue weighted by atomic mass is 16.3. The molecule has 0 saturated carbocycles. The number of hydrogen-bond acceptors (Lipinski definition) is 5. The number of aromatic amines is 1. The highest BCUT2D eigenvalue weighted by Gasteiger charge is 2.41. The van der Waals surface area contributed by atoms with E-state index in [9.17, 15) is 14.7 Å². The zero-order valence-electron chi connectivity index (χ0n) is 17.8. The number of amides is 2. The van der Waals surface area contributed by atoms with Gasteiger partial charge in [-0.1, -0.05) is 18.7 Å². The second-order valence-corrected chi connectivity index (χ2v) is 8.05. The number of aryl methyl sites for hydroxylation is 1. The van der Waals surface area contributed by atoms with E-state index in [2.05, 4.69) is 21.8 Å². The molecular formula is C23H25N5O3. The highest BCUT2D eigenvalue weighted by Crippen LogP contribution is 2.37. The van der Waals surface area contributed by atoms with Gasteiger partial charge in [0.15, 0.2) is 5.65 Å². The number of hydrogen-bond donors (Lipinski definition) is 2. The molecule has 2 N–H and O–H groups in total. The van der Waals surface area contributed by atoms with Crippen LogP contribution in [0.4, 0.5) is 0 Å². The van der Waals surface area contributed by atoms with Crippen LogP contribution in [0, 0.1) is 6.92 Å². The lowest BCUT2D eigenvalue weighted by Gasteiger charge is -2.24. The predicted molar refractivity (Wildman–Crippen MR) is 117 cm³/mol. The molecule has 2 aromatic heterocycles. The standard InChI is InChI=1S/C23H25N5O3/c1-5-20(30)28-12-14(10-18(28)23(31)27(3)4)21-13(2)16-11-17(25-26-22(16)24-21)15-8-6-7-9-19(15)29/h5-9,11,14,18,29H,1,10,12H2,2-4H3,(H,24,26)/t14-,18+/m1/s1. The van der Waals surface area contributed by atoms with Gasteiger partial charge in [-0.05, 0) is 43.2 Å². The Hall–Kier alpha value is -3.68. The van der Waals surface area contributed by atoms with Crippen LogP contribution in [0.1, 0.15) is 23.6 Å². The summed E-state index contributed by atoms with van der Waals surface area (Å²) in [5.41, 5.74) is 3.76. The lowest BCUT2D eigenvalue weighted by Crippen LogP contribution is -2.44. The summed E-state index contributed by atoms with van der Waals surface area (Å²) in [6.07, 6.45) is 1.77. The van der Waals surface area contributed by atoms with Crippen LogP contribution in [-0.2, 0) is 9.59 Å². The minimum atomic E-state index is -0.528.